The van der Waals surface area contributed by atoms with Crippen LogP contribution in [0, 0.1) is 6.92 Å². The van der Waals surface area contributed by atoms with Gasteiger partial charge in [0.1, 0.15) is 0 Å². The Morgan fingerprint density at radius 1 is 1.44 bits per heavy atom. The van der Waals surface area contributed by atoms with Crippen LogP contribution in [0.1, 0.15) is 29.3 Å². The molecule has 0 bridgehead atoms. The Bertz CT molecular complexity index is 412. The minimum Gasteiger partial charge on any atom is -0.388 e. The second kappa shape index (κ2) is 3.91. The largest absolute Gasteiger partial charge is 0.388 e. The lowest BCUT2D eigenvalue weighted by molar-refractivity contribution is 0.0571. The van der Waals surface area contributed by atoms with E-state index >= 15 is 0 Å². The van der Waals surface area contributed by atoms with E-state index in [1.54, 1.807) is 11.8 Å². The first-order chi connectivity index (χ1) is 7.49. The molecular weight excluding hydrogens is 202 g/mol. The second-order valence-corrected chi connectivity index (χ2v) is 4.79. The number of amides is 1. The van der Waals surface area contributed by atoms with Gasteiger partial charge >= 0.3 is 0 Å². The van der Waals surface area contributed by atoms with Gasteiger partial charge in [-0.25, -0.2) is 0 Å². The zero-order valence-electron chi connectivity index (χ0n) is 9.73. The Morgan fingerprint density at radius 2 is 2.12 bits per heavy atom. The fraction of sp³-hybridized carbons (Fsp3) is 0.462. The molecule has 1 aromatic rings. The summed E-state index contributed by atoms with van der Waals surface area (Å²) in [5, 5.41) is 9.84. The van der Waals surface area contributed by atoms with Crippen molar-refractivity contribution < 1.29 is 9.90 Å². The van der Waals surface area contributed by atoms with Gasteiger partial charge in [-0.2, -0.15) is 0 Å². The predicted octanol–water partition coefficient (Wildman–Crippen LogP) is 1.59. The van der Waals surface area contributed by atoms with Gasteiger partial charge in [-0.15, -0.1) is 0 Å². The molecule has 0 spiro atoms. The first-order valence-electron chi connectivity index (χ1n) is 5.57. The number of carbonyl (C=O) groups excluding carboxylic acids is 1. The highest BCUT2D eigenvalue weighted by molar-refractivity contribution is 5.95. The van der Waals surface area contributed by atoms with E-state index in [2.05, 4.69) is 0 Å². The van der Waals surface area contributed by atoms with Crippen LogP contribution in [0.15, 0.2) is 24.3 Å². The van der Waals surface area contributed by atoms with Gasteiger partial charge in [-0.1, -0.05) is 18.2 Å². The lowest BCUT2D eigenvalue weighted by Gasteiger charge is -2.19. The van der Waals surface area contributed by atoms with Gasteiger partial charge in [-0.3, -0.25) is 4.79 Å². The number of β-amino-alcohol motifs (C(OH)–C–C–N with tert-alkyl or cyclic N) is 1. The minimum atomic E-state index is -0.724. The molecule has 1 N–H and O–H groups in total. The molecule has 16 heavy (non-hydrogen) atoms. The molecule has 0 aliphatic carbocycles. The smallest absolute Gasteiger partial charge is 0.254 e. The van der Waals surface area contributed by atoms with Crippen LogP contribution in [-0.2, 0) is 0 Å². The molecule has 2 rings (SSSR count). The van der Waals surface area contributed by atoms with Crippen LogP contribution in [0.5, 0.6) is 0 Å². The number of hydrogen-bond donors (Lipinski definition) is 1. The summed E-state index contributed by atoms with van der Waals surface area (Å²) in [6.07, 6.45) is 0.657. The molecule has 1 heterocycles. The Kier molecular flexibility index (Phi) is 2.72. The molecule has 0 aromatic heterocycles. The maximum absolute atomic E-state index is 12.2. The standard InChI is InChI=1S/C13H17NO2/c1-10-5-3-4-6-11(10)12(15)14-8-7-13(2,16)9-14/h3-6,16H,7-9H2,1-2H3. The zero-order chi connectivity index (χ0) is 11.8. The molecule has 1 aliphatic rings. The molecule has 0 saturated carbocycles. The van der Waals surface area contributed by atoms with Crippen LogP contribution in [-0.4, -0.2) is 34.6 Å². The zero-order valence-corrected chi connectivity index (χ0v) is 9.73. The van der Waals surface area contributed by atoms with Crippen LogP contribution >= 0.6 is 0 Å². The molecule has 1 amide bonds. The summed E-state index contributed by atoms with van der Waals surface area (Å²) < 4.78 is 0. The quantitative estimate of drug-likeness (QED) is 0.779. The van der Waals surface area contributed by atoms with Crippen LogP contribution in [0.4, 0.5) is 0 Å². The van der Waals surface area contributed by atoms with Crippen LogP contribution < -0.4 is 0 Å². The highest BCUT2D eigenvalue weighted by Gasteiger charge is 2.34. The summed E-state index contributed by atoms with van der Waals surface area (Å²) in [5.74, 6) is 0.0240. The average molecular weight is 219 g/mol. The van der Waals surface area contributed by atoms with Gasteiger partial charge < -0.3 is 10.0 Å². The van der Waals surface area contributed by atoms with Crippen molar-refractivity contribution >= 4 is 5.91 Å². The van der Waals surface area contributed by atoms with Crippen molar-refractivity contribution in [2.45, 2.75) is 25.9 Å². The number of carbonyl (C=O) groups is 1. The number of likely N-dealkylation sites (tertiary alicyclic amines) is 1. The van der Waals surface area contributed by atoms with Crippen molar-refractivity contribution in [3.05, 3.63) is 35.4 Å². The van der Waals surface area contributed by atoms with Crippen molar-refractivity contribution in [1.82, 2.24) is 4.90 Å². The molecule has 0 radical (unpaired) electrons. The highest BCUT2D eigenvalue weighted by atomic mass is 16.3. The van der Waals surface area contributed by atoms with E-state index < -0.39 is 5.60 Å². The lowest BCUT2D eigenvalue weighted by Crippen LogP contribution is -2.34. The number of rotatable bonds is 1. The number of aryl methyl sites for hydroxylation is 1. The maximum atomic E-state index is 12.2. The van der Waals surface area contributed by atoms with Gasteiger partial charge in [-0.05, 0) is 31.9 Å². The molecule has 1 aliphatic heterocycles. The van der Waals surface area contributed by atoms with Crippen molar-refractivity contribution in [1.29, 1.82) is 0 Å². The van der Waals surface area contributed by atoms with Gasteiger partial charge in [0.05, 0.1) is 5.60 Å². The van der Waals surface area contributed by atoms with E-state index in [0.29, 0.717) is 19.5 Å². The first-order valence-corrected chi connectivity index (χ1v) is 5.57. The van der Waals surface area contributed by atoms with E-state index in [0.717, 1.165) is 11.1 Å². The second-order valence-electron chi connectivity index (χ2n) is 4.79. The van der Waals surface area contributed by atoms with Crippen LogP contribution in [0.2, 0.25) is 0 Å². The average Bonchev–Trinajstić information content (AvgIpc) is 2.59. The third-order valence-electron chi connectivity index (χ3n) is 3.11. The third-order valence-corrected chi connectivity index (χ3v) is 3.11. The molecule has 1 aromatic carbocycles. The monoisotopic (exact) mass is 219 g/mol. The molecule has 1 atom stereocenters. The fourth-order valence-electron chi connectivity index (χ4n) is 2.10. The van der Waals surface area contributed by atoms with Crippen molar-refractivity contribution in [3.8, 4) is 0 Å². The maximum Gasteiger partial charge on any atom is 0.254 e. The minimum absolute atomic E-state index is 0.0240. The third kappa shape index (κ3) is 2.09. The normalized spacial score (nSPS) is 24.8. The summed E-state index contributed by atoms with van der Waals surface area (Å²) in [4.78, 5) is 13.9. The van der Waals surface area contributed by atoms with Crippen molar-refractivity contribution in [2.75, 3.05) is 13.1 Å². The molecule has 3 heteroatoms. The fourth-order valence-corrected chi connectivity index (χ4v) is 2.10. The Labute approximate surface area is 95.7 Å². The molecule has 1 saturated heterocycles. The number of nitrogens with zero attached hydrogens (tertiary/aromatic N) is 1. The number of hydrogen-bond acceptors (Lipinski definition) is 2. The van der Waals surface area contributed by atoms with Crippen LogP contribution in [0.25, 0.3) is 0 Å². The Balaban J connectivity index is 2.18. The molecular formula is C13H17NO2. The molecule has 3 nitrogen and oxygen atoms in total. The van der Waals surface area contributed by atoms with Crippen molar-refractivity contribution in [2.24, 2.45) is 0 Å². The van der Waals surface area contributed by atoms with Crippen molar-refractivity contribution in [3.63, 3.8) is 0 Å². The highest BCUT2D eigenvalue weighted by Crippen LogP contribution is 2.22. The summed E-state index contributed by atoms with van der Waals surface area (Å²) in [6, 6.07) is 7.56. The Hall–Kier alpha value is -1.35. The predicted molar refractivity (Wildman–Crippen MR) is 62.3 cm³/mol. The SMILES string of the molecule is Cc1ccccc1C(=O)N1CCC(C)(O)C1. The number of aliphatic hydroxyl groups is 1. The van der Waals surface area contributed by atoms with Crippen LogP contribution in [0.3, 0.4) is 0 Å². The van der Waals surface area contributed by atoms with E-state index in [4.69, 9.17) is 0 Å². The van der Waals surface area contributed by atoms with Gasteiger partial charge in [0.2, 0.25) is 0 Å². The first kappa shape index (κ1) is 11.1. The lowest BCUT2D eigenvalue weighted by atomic mass is 10.1. The topological polar surface area (TPSA) is 40.5 Å². The summed E-state index contributed by atoms with van der Waals surface area (Å²) in [5.41, 5.74) is 0.998. The Morgan fingerprint density at radius 3 is 2.69 bits per heavy atom. The van der Waals surface area contributed by atoms with E-state index in [-0.39, 0.29) is 5.91 Å². The summed E-state index contributed by atoms with van der Waals surface area (Å²) >= 11 is 0. The van der Waals surface area contributed by atoms with Gasteiger partial charge in [0.15, 0.2) is 0 Å². The van der Waals surface area contributed by atoms with E-state index in [1.807, 2.05) is 31.2 Å². The molecule has 86 valence electrons. The van der Waals surface area contributed by atoms with Gasteiger partial charge in [0, 0.05) is 18.7 Å². The summed E-state index contributed by atoms with van der Waals surface area (Å²) in [7, 11) is 0. The van der Waals surface area contributed by atoms with Gasteiger partial charge in [0.25, 0.3) is 5.91 Å². The molecule has 1 fully saturated rings. The molecule has 1 unspecified atom stereocenters. The summed E-state index contributed by atoms with van der Waals surface area (Å²) in [6.45, 7) is 4.78. The van der Waals surface area contributed by atoms with E-state index in [1.165, 1.54) is 0 Å². The number of benzene rings is 1. The van der Waals surface area contributed by atoms with E-state index in [9.17, 15) is 9.90 Å².